The lowest BCUT2D eigenvalue weighted by molar-refractivity contribution is 1.03. The Morgan fingerprint density at radius 2 is 1.14 bits per heavy atom. The van der Waals surface area contributed by atoms with Gasteiger partial charge in [0.25, 0.3) is 0 Å². The molecular weight excluding hydrogens is 264 g/mol. The van der Waals surface area contributed by atoms with E-state index in [4.69, 9.17) is 0 Å². The first-order valence-electron chi connectivity index (χ1n) is 7.68. The van der Waals surface area contributed by atoms with E-state index < -0.39 is 0 Å². The molecule has 0 nitrogen and oxygen atoms in total. The normalized spacial score (nSPS) is 11.2. The molecule has 0 aromatic heterocycles. The molecule has 0 N–H and O–H groups in total. The zero-order chi connectivity index (χ0) is 15.2. The quantitative estimate of drug-likeness (QED) is 0.564. The fourth-order valence-electron chi connectivity index (χ4n) is 2.62. The van der Waals surface area contributed by atoms with Crippen LogP contribution in [0, 0.1) is 6.92 Å². The minimum Gasteiger partial charge on any atom is -0.0721 e. The number of aryl methyl sites for hydroxylation is 1. The van der Waals surface area contributed by atoms with Crippen molar-refractivity contribution in [2.75, 3.05) is 0 Å². The first-order valence-corrected chi connectivity index (χ1v) is 7.68. The second-order valence-corrected chi connectivity index (χ2v) is 5.57. The summed E-state index contributed by atoms with van der Waals surface area (Å²) >= 11 is 0. The van der Waals surface area contributed by atoms with Crippen molar-refractivity contribution >= 4 is 6.08 Å². The molecule has 0 spiro atoms. The van der Waals surface area contributed by atoms with Gasteiger partial charge in [-0.1, -0.05) is 103 Å². The first kappa shape index (κ1) is 14.3. The van der Waals surface area contributed by atoms with Gasteiger partial charge >= 0.3 is 0 Å². The predicted molar refractivity (Wildman–Crippen MR) is 94.9 cm³/mol. The van der Waals surface area contributed by atoms with Crippen molar-refractivity contribution in [3.8, 4) is 0 Å². The Balaban J connectivity index is 1.94. The standard InChI is InChI=1S/C22H20/c1-18-12-14-19(15-13-18)16-17-22(20-8-4-2-5-9-20)21-10-6-3-7-11-21/h2-17,22H,1H3. The van der Waals surface area contributed by atoms with Gasteiger partial charge in [0.2, 0.25) is 0 Å². The summed E-state index contributed by atoms with van der Waals surface area (Å²) in [5, 5.41) is 0. The molecule has 0 heteroatoms. The van der Waals surface area contributed by atoms with Crippen LogP contribution in [0.2, 0.25) is 0 Å². The molecule has 3 rings (SSSR count). The molecule has 108 valence electrons. The Bertz CT molecular complexity index is 683. The van der Waals surface area contributed by atoms with Crippen LogP contribution in [0.3, 0.4) is 0 Å². The highest BCUT2D eigenvalue weighted by Gasteiger charge is 2.09. The van der Waals surface area contributed by atoms with Gasteiger partial charge in [0.15, 0.2) is 0 Å². The molecule has 0 fully saturated rings. The Kier molecular flexibility index (Phi) is 4.50. The van der Waals surface area contributed by atoms with Crippen LogP contribution in [0.15, 0.2) is 91.0 Å². The highest BCUT2D eigenvalue weighted by molar-refractivity contribution is 5.53. The van der Waals surface area contributed by atoms with Crippen LogP contribution in [0.5, 0.6) is 0 Å². The van der Waals surface area contributed by atoms with Gasteiger partial charge in [0.05, 0.1) is 0 Å². The minimum atomic E-state index is 0.281. The van der Waals surface area contributed by atoms with E-state index in [1.165, 1.54) is 22.3 Å². The lowest BCUT2D eigenvalue weighted by Gasteiger charge is -2.14. The Hall–Kier alpha value is -2.60. The summed E-state index contributed by atoms with van der Waals surface area (Å²) in [6.45, 7) is 2.12. The number of rotatable bonds is 4. The highest BCUT2D eigenvalue weighted by atomic mass is 14.1. The molecule has 3 aromatic rings. The third-order valence-corrected chi connectivity index (χ3v) is 3.88. The third kappa shape index (κ3) is 3.53. The summed E-state index contributed by atoms with van der Waals surface area (Å²) in [4.78, 5) is 0. The smallest absolute Gasteiger partial charge is 0.0272 e. The fourth-order valence-corrected chi connectivity index (χ4v) is 2.62. The monoisotopic (exact) mass is 284 g/mol. The molecule has 0 aliphatic rings. The molecule has 0 heterocycles. The molecule has 0 aliphatic carbocycles. The van der Waals surface area contributed by atoms with E-state index in [1.807, 2.05) is 0 Å². The summed E-state index contributed by atoms with van der Waals surface area (Å²) < 4.78 is 0. The van der Waals surface area contributed by atoms with Gasteiger partial charge in [-0.05, 0) is 23.6 Å². The molecule has 0 aliphatic heterocycles. The topological polar surface area (TPSA) is 0 Å². The average Bonchev–Trinajstić information content (AvgIpc) is 2.59. The summed E-state index contributed by atoms with van der Waals surface area (Å²) in [7, 11) is 0. The molecule has 0 amide bonds. The fraction of sp³-hybridized carbons (Fsp3) is 0.0909. The van der Waals surface area contributed by atoms with Crippen LogP contribution in [-0.4, -0.2) is 0 Å². The zero-order valence-electron chi connectivity index (χ0n) is 12.8. The maximum atomic E-state index is 2.29. The molecule has 0 bridgehead atoms. The van der Waals surface area contributed by atoms with Crippen LogP contribution in [0.25, 0.3) is 6.08 Å². The molecule has 22 heavy (non-hydrogen) atoms. The highest BCUT2D eigenvalue weighted by Crippen LogP contribution is 2.26. The summed E-state index contributed by atoms with van der Waals surface area (Å²) in [6, 6.07) is 29.9. The molecule has 0 unspecified atom stereocenters. The van der Waals surface area contributed by atoms with Crippen LogP contribution in [0.4, 0.5) is 0 Å². The van der Waals surface area contributed by atoms with Gasteiger partial charge in [-0.2, -0.15) is 0 Å². The zero-order valence-corrected chi connectivity index (χ0v) is 12.8. The SMILES string of the molecule is Cc1ccc(C=CC(c2ccccc2)c2ccccc2)cc1. The largest absolute Gasteiger partial charge is 0.0721 e. The van der Waals surface area contributed by atoms with Crippen LogP contribution >= 0.6 is 0 Å². The van der Waals surface area contributed by atoms with Crippen molar-refractivity contribution in [3.05, 3.63) is 113 Å². The third-order valence-electron chi connectivity index (χ3n) is 3.88. The maximum absolute atomic E-state index is 2.29. The average molecular weight is 284 g/mol. The molecule has 0 atom stereocenters. The van der Waals surface area contributed by atoms with Crippen molar-refractivity contribution in [1.29, 1.82) is 0 Å². The van der Waals surface area contributed by atoms with Crippen LogP contribution in [-0.2, 0) is 0 Å². The summed E-state index contributed by atoms with van der Waals surface area (Å²) in [6.07, 6.45) is 4.50. The van der Waals surface area contributed by atoms with Crippen molar-refractivity contribution in [1.82, 2.24) is 0 Å². The second kappa shape index (κ2) is 6.91. The lowest BCUT2D eigenvalue weighted by atomic mass is 9.90. The molecule has 0 radical (unpaired) electrons. The van der Waals surface area contributed by atoms with Gasteiger partial charge in [-0.3, -0.25) is 0 Å². The van der Waals surface area contributed by atoms with Gasteiger partial charge in [-0.15, -0.1) is 0 Å². The summed E-state index contributed by atoms with van der Waals surface area (Å²) in [5.41, 5.74) is 5.16. The lowest BCUT2D eigenvalue weighted by Crippen LogP contribution is -1.97. The number of allylic oxidation sites excluding steroid dienone is 1. The van der Waals surface area contributed by atoms with Gasteiger partial charge in [0.1, 0.15) is 0 Å². The van der Waals surface area contributed by atoms with Crippen molar-refractivity contribution in [3.63, 3.8) is 0 Å². The van der Waals surface area contributed by atoms with Crippen molar-refractivity contribution < 1.29 is 0 Å². The second-order valence-electron chi connectivity index (χ2n) is 5.57. The van der Waals surface area contributed by atoms with Crippen LogP contribution < -0.4 is 0 Å². The van der Waals surface area contributed by atoms with E-state index in [0.29, 0.717) is 0 Å². The molecule has 0 saturated carbocycles. The van der Waals surface area contributed by atoms with Gasteiger partial charge in [-0.25, -0.2) is 0 Å². The van der Waals surface area contributed by atoms with E-state index >= 15 is 0 Å². The van der Waals surface area contributed by atoms with E-state index in [9.17, 15) is 0 Å². The van der Waals surface area contributed by atoms with Crippen molar-refractivity contribution in [2.24, 2.45) is 0 Å². The number of benzene rings is 3. The Labute approximate surface area is 132 Å². The van der Waals surface area contributed by atoms with Gasteiger partial charge in [0, 0.05) is 5.92 Å². The number of hydrogen-bond acceptors (Lipinski definition) is 0. The van der Waals surface area contributed by atoms with Gasteiger partial charge < -0.3 is 0 Å². The maximum Gasteiger partial charge on any atom is 0.0272 e. The number of hydrogen-bond donors (Lipinski definition) is 0. The van der Waals surface area contributed by atoms with Crippen LogP contribution in [0.1, 0.15) is 28.2 Å². The molecule has 0 saturated heterocycles. The van der Waals surface area contributed by atoms with Crippen molar-refractivity contribution in [2.45, 2.75) is 12.8 Å². The Morgan fingerprint density at radius 3 is 1.64 bits per heavy atom. The first-order chi connectivity index (χ1) is 10.8. The predicted octanol–water partition coefficient (Wildman–Crippen LogP) is 5.84. The minimum absolute atomic E-state index is 0.281. The summed E-state index contributed by atoms with van der Waals surface area (Å²) in [5.74, 6) is 0.281. The van der Waals surface area contributed by atoms with E-state index in [0.717, 1.165) is 0 Å². The Morgan fingerprint density at radius 1 is 0.636 bits per heavy atom. The van der Waals surface area contributed by atoms with E-state index in [1.54, 1.807) is 0 Å². The molecular formula is C22H20. The van der Waals surface area contributed by atoms with E-state index in [2.05, 4.69) is 104 Å². The molecule has 3 aromatic carbocycles. The van der Waals surface area contributed by atoms with E-state index in [-0.39, 0.29) is 5.92 Å².